The fourth-order valence-corrected chi connectivity index (χ4v) is 2.88. The molecule has 0 unspecified atom stereocenters. The lowest BCUT2D eigenvalue weighted by molar-refractivity contribution is 0.449. The Bertz CT molecular complexity index is 630. The Kier molecular flexibility index (Phi) is 4.56. The van der Waals surface area contributed by atoms with Crippen LogP contribution in [0.5, 0.6) is 11.6 Å². The lowest BCUT2D eigenvalue weighted by Crippen LogP contribution is -2.00. The number of hydrogen-bond donors (Lipinski definition) is 0. The summed E-state index contributed by atoms with van der Waals surface area (Å²) in [6, 6.07) is 5.77. The Labute approximate surface area is 129 Å². The molecule has 0 radical (unpaired) electrons. The number of ether oxygens (including phenoxy) is 1. The van der Waals surface area contributed by atoms with Gasteiger partial charge in [-0.3, -0.25) is 0 Å². The minimum atomic E-state index is 0.375. The van der Waals surface area contributed by atoms with Crippen LogP contribution in [-0.4, -0.2) is 4.98 Å². The van der Waals surface area contributed by atoms with Crippen LogP contribution in [0.1, 0.15) is 27.9 Å². The van der Waals surface area contributed by atoms with Crippen LogP contribution in [0.2, 0.25) is 5.02 Å². The molecule has 0 spiro atoms. The molecule has 0 aliphatic carbocycles. The van der Waals surface area contributed by atoms with E-state index in [1.54, 1.807) is 0 Å². The van der Waals surface area contributed by atoms with Gasteiger partial charge in [0.1, 0.15) is 5.75 Å². The predicted octanol–water partition coefficient (Wildman–Crippen LogP) is 5.50. The average molecular weight is 310 g/mol. The van der Waals surface area contributed by atoms with Crippen LogP contribution in [0.3, 0.4) is 0 Å². The maximum Gasteiger partial charge on any atom is 0.224 e. The number of aryl methyl sites for hydroxylation is 4. The molecule has 2 nitrogen and oxygen atoms in total. The van der Waals surface area contributed by atoms with Crippen molar-refractivity contribution >= 4 is 23.2 Å². The standard InChI is InChI=1S/C16H17Cl2NO/c1-9-5-12(4)19-16(14(9)8-17)20-15-10(2)6-13(18)7-11(15)3/h5-7H,8H2,1-4H3. The highest BCUT2D eigenvalue weighted by Crippen LogP contribution is 2.33. The molecule has 0 aliphatic heterocycles. The molecule has 2 rings (SSSR count). The van der Waals surface area contributed by atoms with Gasteiger partial charge >= 0.3 is 0 Å². The summed E-state index contributed by atoms with van der Waals surface area (Å²) in [4.78, 5) is 4.47. The maximum absolute atomic E-state index is 6.04. The van der Waals surface area contributed by atoms with E-state index in [9.17, 15) is 0 Å². The van der Waals surface area contributed by atoms with Crippen LogP contribution < -0.4 is 4.74 Å². The summed E-state index contributed by atoms with van der Waals surface area (Å²) < 4.78 is 6.02. The molecule has 2 aromatic rings. The second-order valence-electron chi connectivity index (χ2n) is 4.97. The smallest absolute Gasteiger partial charge is 0.224 e. The second-order valence-corrected chi connectivity index (χ2v) is 5.67. The van der Waals surface area contributed by atoms with Gasteiger partial charge in [-0.1, -0.05) is 11.6 Å². The second kappa shape index (κ2) is 6.02. The molecule has 1 aromatic heterocycles. The van der Waals surface area contributed by atoms with Gasteiger partial charge in [-0.2, -0.15) is 0 Å². The van der Waals surface area contributed by atoms with E-state index in [1.807, 2.05) is 45.9 Å². The summed E-state index contributed by atoms with van der Waals surface area (Å²) in [6.45, 7) is 7.90. The molecule has 0 fully saturated rings. The van der Waals surface area contributed by atoms with Crippen molar-refractivity contribution in [3.8, 4) is 11.6 Å². The quantitative estimate of drug-likeness (QED) is 0.698. The molecule has 0 atom stereocenters. The highest BCUT2D eigenvalue weighted by atomic mass is 35.5. The SMILES string of the molecule is Cc1cc(C)c(CCl)c(Oc2c(C)cc(Cl)cc2C)n1. The van der Waals surface area contributed by atoms with Crippen molar-refractivity contribution in [1.29, 1.82) is 0 Å². The minimum Gasteiger partial charge on any atom is -0.438 e. The van der Waals surface area contributed by atoms with Crippen LogP contribution in [-0.2, 0) is 5.88 Å². The first-order valence-corrected chi connectivity index (χ1v) is 7.31. The summed E-state index contributed by atoms with van der Waals surface area (Å²) in [6.07, 6.45) is 0. The molecular weight excluding hydrogens is 293 g/mol. The Morgan fingerprint density at radius 3 is 2.15 bits per heavy atom. The molecule has 0 N–H and O–H groups in total. The first-order valence-electron chi connectivity index (χ1n) is 6.40. The van der Waals surface area contributed by atoms with Gasteiger partial charge in [-0.15, -0.1) is 11.6 Å². The van der Waals surface area contributed by atoms with Crippen molar-refractivity contribution in [2.24, 2.45) is 0 Å². The number of rotatable bonds is 3. The zero-order chi connectivity index (χ0) is 14.9. The van der Waals surface area contributed by atoms with Crippen molar-refractivity contribution in [3.05, 3.63) is 51.2 Å². The summed E-state index contributed by atoms with van der Waals surface area (Å²) in [5, 5.41) is 0.707. The summed E-state index contributed by atoms with van der Waals surface area (Å²) in [5.41, 5.74) is 4.89. The third kappa shape index (κ3) is 3.08. The molecule has 1 heterocycles. The zero-order valence-electron chi connectivity index (χ0n) is 12.1. The summed E-state index contributed by atoms with van der Waals surface area (Å²) in [7, 11) is 0. The number of alkyl halides is 1. The van der Waals surface area contributed by atoms with E-state index in [2.05, 4.69) is 4.98 Å². The van der Waals surface area contributed by atoms with E-state index in [0.29, 0.717) is 16.8 Å². The van der Waals surface area contributed by atoms with Crippen LogP contribution in [0.4, 0.5) is 0 Å². The van der Waals surface area contributed by atoms with E-state index in [-0.39, 0.29) is 0 Å². The lowest BCUT2D eigenvalue weighted by Gasteiger charge is -2.15. The van der Waals surface area contributed by atoms with Crippen LogP contribution in [0.25, 0.3) is 0 Å². The topological polar surface area (TPSA) is 22.1 Å². The molecule has 4 heteroatoms. The van der Waals surface area contributed by atoms with Gasteiger partial charge < -0.3 is 4.74 Å². The average Bonchev–Trinajstić information content (AvgIpc) is 2.33. The Hall–Kier alpha value is -1.25. The predicted molar refractivity (Wildman–Crippen MR) is 84.3 cm³/mol. The number of pyridine rings is 1. The van der Waals surface area contributed by atoms with Crippen LogP contribution in [0, 0.1) is 27.7 Å². The molecule has 0 aliphatic rings. The molecule has 0 bridgehead atoms. The van der Waals surface area contributed by atoms with Gasteiger partial charge in [0.05, 0.1) is 5.88 Å². The van der Waals surface area contributed by atoms with Gasteiger partial charge in [0, 0.05) is 16.3 Å². The van der Waals surface area contributed by atoms with Gasteiger partial charge in [-0.05, 0) is 62.6 Å². The van der Waals surface area contributed by atoms with Crippen molar-refractivity contribution in [1.82, 2.24) is 4.98 Å². The highest BCUT2D eigenvalue weighted by Gasteiger charge is 2.13. The summed E-state index contributed by atoms with van der Waals surface area (Å²) >= 11 is 12.1. The third-order valence-electron chi connectivity index (χ3n) is 3.19. The van der Waals surface area contributed by atoms with Crippen molar-refractivity contribution < 1.29 is 4.74 Å². The van der Waals surface area contributed by atoms with E-state index >= 15 is 0 Å². The Morgan fingerprint density at radius 2 is 1.60 bits per heavy atom. The number of halogens is 2. The first kappa shape index (κ1) is 15.1. The van der Waals surface area contributed by atoms with Gasteiger partial charge in [0.15, 0.2) is 0 Å². The number of hydrogen-bond acceptors (Lipinski definition) is 2. The molecular formula is C16H17Cl2NO. The minimum absolute atomic E-state index is 0.375. The molecule has 0 saturated carbocycles. The van der Waals surface area contributed by atoms with E-state index in [0.717, 1.165) is 33.7 Å². The normalized spacial score (nSPS) is 10.7. The third-order valence-corrected chi connectivity index (χ3v) is 3.68. The van der Waals surface area contributed by atoms with Crippen LogP contribution >= 0.6 is 23.2 Å². The fraction of sp³-hybridized carbons (Fsp3) is 0.312. The van der Waals surface area contributed by atoms with Gasteiger partial charge in [-0.25, -0.2) is 4.98 Å². The molecule has 0 saturated heterocycles. The molecule has 0 amide bonds. The first-order chi connectivity index (χ1) is 9.42. The molecule has 1 aromatic carbocycles. The molecule has 20 heavy (non-hydrogen) atoms. The number of nitrogens with zero attached hydrogens (tertiary/aromatic N) is 1. The molecule has 106 valence electrons. The van der Waals surface area contributed by atoms with Crippen molar-refractivity contribution in [3.63, 3.8) is 0 Å². The van der Waals surface area contributed by atoms with Gasteiger partial charge in [0.25, 0.3) is 0 Å². The highest BCUT2D eigenvalue weighted by molar-refractivity contribution is 6.30. The lowest BCUT2D eigenvalue weighted by atomic mass is 10.1. The largest absolute Gasteiger partial charge is 0.438 e. The van der Waals surface area contributed by atoms with E-state index < -0.39 is 0 Å². The van der Waals surface area contributed by atoms with Crippen molar-refractivity contribution in [2.75, 3.05) is 0 Å². The fourth-order valence-electron chi connectivity index (χ4n) is 2.23. The summed E-state index contributed by atoms with van der Waals surface area (Å²) in [5.74, 6) is 1.74. The Morgan fingerprint density at radius 1 is 1.00 bits per heavy atom. The number of benzene rings is 1. The van der Waals surface area contributed by atoms with E-state index in [4.69, 9.17) is 27.9 Å². The van der Waals surface area contributed by atoms with Crippen LogP contribution in [0.15, 0.2) is 18.2 Å². The van der Waals surface area contributed by atoms with E-state index in [1.165, 1.54) is 0 Å². The van der Waals surface area contributed by atoms with Crippen molar-refractivity contribution in [2.45, 2.75) is 33.6 Å². The Balaban J connectivity index is 2.50. The number of aromatic nitrogens is 1. The van der Waals surface area contributed by atoms with Gasteiger partial charge in [0.2, 0.25) is 5.88 Å². The monoisotopic (exact) mass is 309 g/mol. The maximum atomic E-state index is 6.04. The zero-order valence-corrected chi connectivity index (χ0v) is 13.6.